The Balaban J connectivity index is 1.05. The zero-order valence-corrected chi connectivity index (χ0v) is 29.2. The highest BCUT2D eigenvalue weighted by Gasteiger charge is 2.23. The molecule has 3 heteroatoms. The van der Waals surface area contributed by atoms with E-state index in [4.69, 9.17) is 0 Å². The molecule has 250 valence electrons. The topological polar surface area (TPSA) is 22.8 Å². The van der Waals surface area contributed by atoms with Gasteiger partial charge < -0.3 is 9.13 Å². The third kappa shape index (κ3) is 4.15. The largest absolute Gasteiger partial charge is 0.309 e. The second kappa shape index (κ2) is 11.1. The molecule has 0 spiro atoms. The molecule has 0 radical (unpaired) electrons. The summed E-state index contributed by atoms with van der Waals surface area (Å²) < 4.78 is 4.80. The predicted octanol–water partition coefficient (Wildman–Crippen LogP) is 13.4. The summed E-state index contributed by atoms with van der Waals surface area (Å²) in [4.78, 5) is 4.51. The van der Waals surface area contributed by atoms with Crippen LogP contribution in [0.5, 0.6) is 0 Å². The van der Waals surface area contributed by atoms with Gasteiger partial charge in [0.15, 0.2) is 0 Å². The summed E-state index contributed by atoms with van der Waals surface area (Å²) in [5.74, 6) is 0. The highest BCUT2D eigenvalue weighted by molar-refractivity contribution is 6.17. The number of para-hydroxylation sites is 3. The Morgan fingerprint density at radius 3 is 1.69 bits per heavy atom. The minimum Gasteiger partial charge on any atom is -0.309 e. The molecule has 1 aliphatic carbocycles. The van der Waals surface area contributed by atoms with Crippen molar-refractivity contribution in [2.24, 2.45) is 0 Å². The summed E-state index contributed by atoms with van der Waals surface area (Å²) >= 11 is 0. The quantitative estimate of drug-likeness (QED) is 0.181. The molecule has 12 rings (SSSR count). The Labute approximate surface area is 311 Å². The van der Waals surface area contributed by atoms with E-state index < -0.39 is 0 Å². The number of pyridine rings is 1. The van der Waals surface area contributed by atoms with Crippen LogP contribution in [0.3, 0.4) is 0 Å². The van der Waals surface area contributed by atoms with Gasteiger partial charge in [-0.1, -0.05) is 97.1 Å². The van der Waals surface area contributed by atoms with Crippen LogP contribution >= 0.6 is 0 Å². The van der Waals surface area contributed by atoms with Gasteiger partial charge in [-0.25, -0.2) is 0 Å². The van der Waals surface area contributed by atoms with Crippen LogP contribution in [0.1, 0.15) is 0 Å². The van der Waals surface area contributed by atoms with Crippen molar-refractivity contribution >= 4 is 54.4 Å². The van der Waals surface area contributed by atoms with Crippen molar-refractivity contribution in [3.8, 4) is 55.9 Å². The number of hydrogen-bond acceptors (Lipinski definition) is 1. The normalized spacial score (nSPS) is 12.1. The number of fused-ring (bicyclic) bond motifs is 9. The monoisotopic (exact) mass is 685 g/mol. The molecule has 1 aliphatic rings. The van der Waals surface area contributed by atoms with Crippen molar-refractivity contribution < 1.29 is 0 Å². The van der Waals surface area contributed by atoms with Gasteiger partial charge >= 0.3 is 0 Å². The van der Waals surface area contributed by atoms with E-state index in [-0.39, 0.29) is 0 Å². The number of rotatable bonds is 4. The third-order valence-corrected chi connectivity index (χ3v) is 11.5. The van der Waals surface area contributed by atoms with Gasteiger partial charge in [-0.15, -0.1) is 0 Å². The molecule has 54 heavy (non-hydrogen) atoms. The van der Waals surface area contributed by atoms with Crippen LogP contribution in [-0.4, -0.2) is 14.1 Å². The van der Waals surface area contributed by atoms with Crippen LogP contribution in [0, 0.1) is 0 Å². The molecular formula is C51H31N3. The molecule has 3 aromatic heterocycles. The van der Waals surface area contributed by atoms with Crippen molar-refractivity contribution in [1.29, 1.82) is 0 Å². The molecule has 0 bridgehead atoms. The number of nitrogens with zero attached hydrogens (tertiary/aromatic N) is 3. The third-order valence-electron chi connectivity index (χ3n) is 11.5. The lowest BCUT2D eigenvalue weighted by Gasteiger charge is -2.11. The molecule has 0 aliphatic heterocycles. The van der Waals surface area contributed by atoms with Gasteiger partial charge in [-0.3, -0.25) is 4.98 Å². The molecule has 3 nitrogen and oxygen atoms in total. The van der Waals surface area contributed by atoms with E-state index in [1.54, 1.807) is 0 Å². The Hall–Kier alpha value is -7.23. The van der Waals surface area contributed by atoms with E-state index in [1.807, 2.05) is 12.4 Å². The lowest BCUT2D eigenvalue weighted by Crippen LogP contribution is -1.93. The second-order valence-electron chi connectivity index (χ2n) is 14.4. The van der Waals surface area contributed by atoms with E-state index in [0.29, 0.717) is 0 Å². The molecule has 0 atom stereocenters. The number of hydrogen-bond donors (Lipinski definition) is 0. The van der Waals surface area contributed by atoms with E-state index in [9.17, 15) is 0 Å². The van der Waals surface area contributed by atoms with E-state index >= 15 is 0 Å². The van der Waals surface area contributed by atoms with Crippen LogP contribution in [0.2, 0.25) is 0 Å². The van der Waals surface area contributed by atoms with E-state index in [2.05, 4.69) is 190 Å². The summed E-state index contributed by atoms with van der Waals surface area (Å²) in [6, 6.07) is 64.5. The fourth-order valence-corrected chi connectivity index (χ4v) is 9.12. The number of aromatic nitrogens is 3. The van der Waals surface area contributed by atoms with Crippen LogP contribution in [0.25, 0.3) is 110 Å². The molecule has 0 amide bonds. The van der Waals surface area contributed by atoms with Gasteiger partial charge in [0.2, 0.25) is 0 Å². The lowest BCUT2D eigenvalue weighted by molar-refractivity contribution is 1.18. The Kier molecular flexibility index (Phi) is 6.05. The summed E-state index contributed by atoms with van der Waals surface area (Å²) in [6.07, 6.45) is 3.91. The van der Waals surface area contributed by atoms with Crippen LogP contribution in [0.4, 0.5) is 0 Å². The first-order chi connectivity index (χ1) is 26.8. The molecule has 0 N–H and O–H groups in total. The van der Waals surface area contributed by atoms with Crippen molar-refractivity contribution in [3.05, 3.63) is 188 Å². The maximum Gasteiger partial charge on any atom is 0.0547 e. The van der Waals surface area contributed by atoms with Gasteiger partial charge in [0.25, 0.3) is 0 Å². The summed E-state index contributed by atoms with van der Waals surface area (Å²) in [7, 11) is 0. The van der Waals surface area contributed by atoms with Crippen LogP contribution < -0.4 is 0 Å². The smallest absolute Gasteiger partial charge is 0.0547 e. The first-order valence-electron chi connectivity index (χ1n) is 18.5. The minimum absolute atomic E-state index is 1.15. The standard InChI is InChI=1S/C51H31N3/c1-3-11-37(12-4-1)53-47-17-8-7-15-40(47)43-27-32(19-22-48(43)53)33-20-23-49-44(28-33)41-21-18-34(30-50(41)54(49)38-13-5-2-6-14-38)36-26-35-10-9-16-42-39-24-25-52-31-46(39)45(29-36)51(35)42/h1-31H. The molecular weight excluding hydrogens is 655 g/mol. The Bertz CT molecular complexity index is 3310. The average Bonchev–Trinajstić information content (AvgIpc) is 3.87. The zero-order valence-electron chi connectivity index (χ0n) is 29.2. The molecule has 0 unspecified atom stereocenters. The summed E-state index contributed by atoms with van der Waals surface area (Å²) in [5.41, 5.74) is 17.0. The molecule has 3 heterocycles. The van der Waals surface area contributed by atoms with Crippen molar-refractivity contribution in [3.63, 3.8) is 0 Å². The van der Waals surface area contributed by atoms with Crippen molar-refractivity contribution in [2.75, 3.05) is 0 Å². The average molecular weight is 686 g/mol. The fraction of sp³-hybridized carbons (Fsp3) is 0. The first-order valence-corrected chi connectivity index (χ1v) is 18.5. The van der Waals surface area contributed by atoms with Gasteiger partial charge in [-0.2, -0.15) is 0 Å². The van der Waals surface area contributed by atoms with Crippen LogP contribution in [0.15, 0.2) is 188 Å². The second-order valence-corrected chi connectivity index (χ2v) is 14.4. The highest BCUT2D eigenvalue weighted by Crippen LogP contribution is 2.48. The molecule has 8 aromatic carbocycles. The van der Waals surface area contributed by atoms with Gasteiger partial charge in [-0.05, 0) is 129 Å². The number of benzene rings is 8. The summed E-state index contributed by atoms with van der Waals surface area (Å²) in [6.45, 7) is 0. The van der Waals surface area contributed by atoms with Gasteiger partial charge in [0.05, 0.1) is 22.1 Å². The lowest BCUT2D eigenvalue weighted by atomic mass is 9.95. The Morgan fingerprint density at radius 1 is 0.333 bits per heavy atom. The SMILES string of the molecule is c1ccc(-n2c3ccccc3c3cc(-c4ccc5c(c4)c4ccc(-c6cc7c8c(cccc8c6)-c6ccncc6-7)cc4n5-c4ccccc4)ccc32)cc1. The predicted molar refractivity (Wildman–Crippen MR) is 226 cm³/mol. The zero-order chi connectivity index (χ0) is 35.3. The van der Waals surface area contributed by atoms with E-state index in [1.165, 1.54) is 105 Å². The minimum atomic E-state index is 1.15. The van der Waals surface area contributed by atoms with Crippen molar-refractivity contribution in [2.45, 2.75) is 0 Å². The van der Waals surface area contributed by atoms with Crippen LogP contribution in [-0.2, 0) is 0 Å². The molecule has 0 saturated heterocycles. The first kappa shape index (κ1) is 29.4. The van der Waals surface area contributed by atoms with E-state index in [0.717, 1.165) is 5.69 Å². The van der Waals surface area contributed by atoms with Crippen molar-refractivity contribution in [1.82, 2.24) is 14.1 Å². The molecule has 0 saturated carbocycles. The fourth-order valence-electron chi connectivity index (χ4n) is 9.12. The molecule has 0 fully saturated rings. The highest BCUT2D eigenvalue weighted by atomic mass is 15.0. The molecule has 11 aromatic rings. The summed E-state index contributed by atoms with van der Waals surface area (Å²) in [5, 5.41) is 7.57. The Morgan fingerprint density at radius 2 is 0.944 bits per heavy atom. The van der Waals surface area contributed by atoms with Gasteiger partial charge in [0, 0.05) is 50.9 Å². The van der Waals surface area contributed by atoms with Gasteiger partial charge in [0.1, 0.15) is 0 Å². The maximum atomic E-state index is 4.51. The maximum absolute atomic E-state index is 4.51.